The summed E-state index contributed by atoms with van der Waals surface area (Å²) in [5.74, 6) is -3.52. The number of nitrogens with one attached hydrogen (secondary N) is 1. The van der Waals surface area contributed by atoms with Crippen LogP contribution in [0.3, 0.4) is 0 Å². The lowest BCUT2D eigenvalue weighted by atomic mass is 9.85. The molecule has 130 valence electrons. The highest BCUT2D eigenvalue weighted by molar-refractivity contribution is 6.08. The van der Waals surface area contributed by atoms with Gasteiger partial charge in [0.1, 0.15) is 6.04 Å². The van der Waals surface area contributed by atoms with Gasteiger partial charge in [-0.15, -0.1) is 0 Å². The Hall–Kier alpha value is -2.71. The lowest BCUT2D eigenvalue weighted by Crippen LogP contribution is -2.47. The molecule has 1 fully saturated rings. The number of nitrogens with two attached hydrogens (primary N) is 1. The molecule has 2 rings (SSSR count). The van der Waals surface area contributed by atoms with Gasteiger partial charge in [0.2, 0.25) is 11.8 Å². The Bertz CT molecular complexity index is 603. The van der Waals surface area contributed by atoms with E-state index in [-0.39, 0.29) is 0 Å². The number of nitrogens with zero attached hydrogens (tertiary/aromatic N) is 1. The van der Waals surface area contributed by atoms with E-state index in [4.69, 9.17) is 10.5 Å². The van der Waals surface area contributed by atoms with Crippen molar-refractivity contribution in [3.8, 4) is 0 Å². The van der Waals surface area contributed by atoms with Crippen LogP contribution in [-0.2, 0) is 23.9 Å². The fourth-order valence-corrected chi connectivity index (χ4v) is 2.86. The van der Waals surface area contributed by atoms with Gasteiger partial charge in [0, 0.05) is 0 Å². The van der Waals surface area contributed by atoms with E-state index in [2.05, 4.69) is 0 Å². The van der Waals surface area contributed by atoms with Crippen LogP contribution in [0.1, 0.15) is 26.7 Å². The number of carbonyl (C=O) groups excluding carboxylic acids is 5. The molecule has 3 N–H and O–H groups in total. The van der Waals surface area contributed by atoms with Gasteiger partial charge < -0.3 is 10.5 Å². The van der Waals surface area contributed by atoms with Gasteiger partial charge in [0.25, 0.3) is 5.91 Å². The van der Waals surface area contributed by atoms with Gasteiger partial charge in [-0.3, -0.25) is 24.6 Å². The van der Waals surface area contributed by atoms with Crippen molar-refractivity contribution in [1.29, 1.82) is 0 Å². The molecule has 0 saturated carbocycles. The van der Waals surface area contributed by atoms with Crippen molar-refractivity contribution in [2.75, 3.05) is 0 Å². The van der Waals surface area contributed by atoms with Gasteiger partial charge in [0.05, 0.1) is 11.8 Å². The molecule has 0 aromatic rings. The predicted octanol–water partition coefficient (Wildman–Crippen LogP) is -0.547. The third kappa shape index (κ3) is 3.29. The number of esters is 1. The highest BCUT2D eigenvalue weighted by Crippen LogP contribution is 2.36. The molecule has 1 heterocycles. The van der Waals surface area contributed by atoms with E-state index < -0.39 is 53.7 Å². The highest BCUT2D eigenvalue weighted by Gasteiger charge is 2.50. The molecule has 9 nitrogen and oxygen atoms in total. The van der Waals surface area contributed by atoms with E-state index >= 15 is 0 Å². The molecule has 0 radical (unpaired) electrons. The largest absolute Gasteiger partial charge is 0.451 e. The van der Waals surface area contributed by atoms with Crippen molar-refractivity contribution >= 4 is 29.7 Å². The molecule has 0 bridgehead atoms. The Balaban J connectivity index is 2.03. The Morgan fingerprint density at radius 2 is 1.67 bits per heavy atom. The first kappa shape index (κ1) is 17.6. The second kappa shape index (κ2) is 6.81. The number of urea groups is 1. The number of likely N-dealkylation sites (tertiary alicyclic amines) is 1. The SMILES string of the molecule is C[C@H](OC(=O)[C@H](C)N1C(=O)[C@H]2CC=CC[C@H]2C1=O)C(=O)NC(N)=O. The first-order chi connectivity index (χ1) is 11.2. The second-order valence-corrected chi connectivity index (χ2v) is 5.81. The minimum Gasteiger partial charge on any atom is -0.451 e. The summed E-state index contributed by atoms with van der Waals surface area (Å²) in [6.45, 7) is 2.61. The Morgan fingerprint density at radius 3 is 2.12 bits per heavy atom. The molecule has 1 saturated heterocycles. The lowest BCUT2D eigenvalue weighted by molar-refractivity contribution is -0.163. The fraction of sp³-hybridized carbons (Fsp3) is 0.533. The molecule has 1 aliphatic carbocycles. The molecule has 2 aliphatic rings. The van der Waals surface area contributed by atoms with Crippen molar-refractivity contribution in [2.24, 2.45) is 17.6 Å². The van der Waals surface area contributed by atoms with Crippen molar-refractivity contribution in [3.05, 3.63) is 12.2 Å². The topological polar surface area (TPSA) is 136 Å². The zero-order valence-corrected chi connectivity index (χ0v) is 13.4. The number of hydrogen-bond acceptors (Lipinski definition) is 6. The molecule has 9 heteroatoms. The molecule has 0 aromatic heterocycles. The minimum absolute atomic E-state index is 0.409. The van der Waals surface area contributed by atoms with Gasteiger partial charge in [-0.05, 0) is 26.7 Å². The van der Waals surface area contributed by atoms with E-state index in [0.717, 1.165) is 4.90 Å². The van der Waals surface area contributed by atoms with Crippen LogP contribution >= 0.6 is 0 Å². The fourth-order valence-electron chi connectivity index (χ4n) is 2.86. The van der Waals surface area contributed by atoms with Gasteiger partial charge >= 0.3 is 12.0 Å². The number of fused-ring (bicyclic) bond motifs is 1. The van der Waals surface area contributed by atoms with E-state index in [1.807, 2.05) is 12.2 Å². The van der Waals surface area contributed by atoms with E-state index in [1.165, 1.54) is 13.8 Å². The third-order valence-electron chi connectivity index (χ3n) is 4.18. The maximum Gasteiger partial charge on any atom is 0.329 e. The number of primary amides is 1. The second-order valence-electron chi connectivity index (χ2n) is 5.81. The summed E-state index contributed by atoms with van der Waals surface area (Å²) in [6.07, 6.45) is 3.32. The van der Waals surface area contributed by atoms with Crippen LogP contribution < -0.4 is 11.1 Å². The summed E-state index contributed by atoms with van der Waals surface area (Å²) in [7, 11) is 0. The molecule has 24 heavy (non-hydrogen) atoms. The summed E-state index contributed by atoms with van der Waals surface area (Å²) >= 11 is 0. The van der Waals surface area contributed by atoms with Crippen LogP contribution in [-0.4, -0.2) is 46.8 Å². The number of imide groups is 2. The smallest absolute Gasteiger partial charge is 0.329 e. The minimum atomic E-state index is -1.29. The molecule has 0 spiro atoms. The number of hydrogen-bond donors (Lipinski definition) is 2. The monoisotopic (exact) mass is 337 g/mol. The average Bonchev–Trinajstić information content (AvgIpc) is 2.78. The summed E-state index contributed by atoms with van der Waals surface area (Å²) < 4.78 is 4.92. The number of carbonyl (C=O) groups is 5. The van der Waals surface area contributed by atoms with Crippen LogP contribution in [0.5, 0.6) is 0 Å². The number of allylic oxidation sites excluding steroid dienone is 2. The maximum atomic E-state index is 12.4. The van der Waals surface area contributed by atoms with Crippen molar-refractivity contribution < 1.29 is 28.7 Å². The van der Waals surface area contributed by atoms with Crippen LogP contribution in [0.4, 0.5) is 4.79 Å². The lowest BCUT2D eigenvalue weighted by Gasteiger charge is -2.23. The van der Waals surface area contributed by atoms with Gasteiger partial charge in [-0.2, -0.15) is 0 Å². The third-order valence-corrected chi connectivity index (χ3v) is 4.18. The highest BCUT2D eigenvalue weighted by atomic mass is 16.5. The van der Waals surface area contributed by atoms with Gasteiger partial charge in [-0.25, -0.2) is 9.59 Å². The summed E-state index contributed by atoms with van der Waals surface area (Å²) in [4.78, 5) is 60.0. The molecule has 0 aromatic carbocycles. The van der Waals surface area contributed by atoms with E-state index in [9.17, 15) is 24.0 Å². The average molecular weight is 337 g/mol. The first-order valence-electron chi connectivity index (χ1n) is 7.56. The zero-order chi connectivity index (χ0) is 18.0. The molecule has 4 atom stereocenters. The standard InChI is InChI=1S/C15H19N3O6/c1-7(14(22)24-8(2)11(19)17-15(16)23)18-12(20)9-5-3-4-6-10(9)13(18)21/h3-4,7-10H,5-6H2,1-2H3,(H3,16,17,19,23)/t7-,8-,9-,10+/m0/s1. The van der Waals surface area contributed by atoms with Crippen molar-refractivity contribution in [1.82, 2.24) is 10.2 Å². The predicted molar refractivity (Wildman–Crippen MR) is 79.9 cm³/mol. The van der Waals surface area contributed by atoms with Crippen molar-refractivity contribution in [3.63, 3.8) is 0 Å². The van der Waals surface area contributed by atoms with Crippen molar-refractivity contribution in [2.45, 2.75) is 38.8 Å². The Labute approximate surface area is 138 Å². The molecule has 1 aliphatic heterocycles. The van der Waals surface area contributed by atoms with Gasteiger partial charge in [0.15, 0.2) is 6.10 Å². The number of amides is 5. The molecule has 0 unspecified atom stereocenters. The van der Waals surface area contributed by atoms with Crippen LogP contribution in [0, 0.1) is 11.8 Å². The number of rotatable bonds is 4. The summed E-state index contributed by atoms with van der Waals surface area (Å²) in [5.41, 5.74) is 4.81. The van der Waals surface area contributed by atoms with Crippen LogP contribution in [0.25, 0.3) is 0 Å². The van der Waals surface area contributed by atoms with E-state index in [1.54, 1.807) is 5.32 Å². The normalized spacial score (nSPS) is 25.0. The van der Waals surface area contributed by atoms with Crippen LogP contribution in [0.2, 0.25) is 0 Å². The maximum absolute atomic E-state index is 12.4. The zero-order valence-electron chi connectivity index (χ0n) is 13.4. The van der Waals surface area contributed by atoms with E-state index in [0.29, 0.717) is 12.8 Å². The first-order valence-corrected chi connectivity index (χ1v) is 7.56. The molecular weight excluding hydrogens is 318 g/mol. The van der Waals surface area contributed by atoms with Crippen LogP contribution in [0.15, 0.2) is 12.2 Å². The van der Waals surface area contributed by atoms with Gasteiger partial charge in [-0.1, -0.05) is 12.2 Å². The molecule has 5 amide bonds. The summed E-state index contributed by atoms with van der Waals surface area (Å²) in [5, 5.41) is 1.78. The Kier molecular flexibility index (Phi) is 5.01. The quantitative estimate of drug-likeness (QED) is 0.401. The Morgan fingerprint density at radius 1 is 1.17 bits per heavy atom. The molecular formula is C15H19N3O6. The number of ether oxygens (including phenoxy) is 1. The summed E-state index contributed by atoms with van der Waals surface area (Å²) in [6, 6.07) is -2.23.